The third-order valence-electron chi connectivity index (χ3n) is 15.4. The third-order valence-corrected chi connectivity index (χ3v) is 15.4. The second kappa shape index (κ2) is 15.8. The van der Waals surface area contributed by atoms with Gasteiger partial charge in [0.05, 0.1) is 5.69 Å². The fourth-order valence-electron chi connectivity index (χ4n) is 11.9. The summed E-state index contributed by atoms with van der Waals surface area (Å²) < 4.78 is 0. The van der Waals surface area contributed by atoms with E-state index in [-0.39, 0.29) is 10.8 Å². The minimum atomic E-state index is -0.137. The van der Waals surface area contributed by atoms with E-state index in [0.29, 0.717) is 5.92 Å². The van der Waals surface area contributed by atoms with Gasteiger partial charge in [-0.25, -0.2) is 0 Å². The van der Waals surface area contributed by atoms with Crippen LogP contribution in [0.2, 0.25) is 0 Å². The average molecular weight is 853 g/mol. The molecule has 66 heavy (non-hydrogen) atoms. The van der Waals surface area contributed by atoms with E-state index in [1.165, 1.54) is 104 Å². The normalized spacial score (nSPS) is 15.5. The lowest BCUT2D eigenvalue weighted by molar-refractivity contribution is 0.443. The molecule has 1 saturated carbocycles. The van der Waals surface area contributed by atoms with Gasteiger partial charge in [0.1, 0.15) is 0 Å². The number of hydrogen-bond donors (Lipinski definition) is 0. The molecule has 0 radical (unpaired) electrons. The predicted octanol–water partition coefficient (Wildman–Crippen LogP) is 18.1. The third kappa shape index (κ3) is 6.60. The van der Waals surface area contributed by atoms with Crippen LogP contribution in [-0.4, -0.2) is 0 Å². The molecule has 0 aliphatic heterocycles. The van der Waals surface area contributed by atoms with Crippen molar-refractivity contribution in [3.63, 3.8) is 0 Å². The van der Waals surface area contributed by atoms with Crippen LogP contribution in [-0.2, 0) is 10.8 Å². The molecule has 0 aromatic heterocycles. The van der Waals surface area contributed by atoms with Gasteiger partial charge >= 0.3 is 0 Å². The largest absolute Gasteiger partial charge is 0.310 e. The Hall–Kier alpha value is -7.16. The van der Waals surface area contributed by atoms with E-state index in [2.05, 4.69) is 238 Å². The van der Waals surface area contributed by atoms with Gasteiger partial charge in [-0.05, 0) is 152 Å². The van der Waals surface area contributed by atoms with Crippen LogP contribution in [0.25, 0.3) is 44.2 Å². The molecule has 0 amide bonds. The standard InChI is InChI=1S/C64H56N2/c1-63(2)58-28-15-13-26-53(58)55-36-34-51(41-60(55)63)65(52-35-37-56-54-27-14-16-29-59(54)64(3,4)61(56)42-52)49-24-17-25-50(40-49)66(48-32-30-44(31-33-48)43-18-7-5-8-19-43)62-39-47-23-12-11-22-46(47)38-57(62)45-20-9-6-10-21-45/h6,9-17,20-43H,5,7-8,18-19H2,1-4H3. The molecule has 0 saturated heterocycles. The monoisotopic (exact) mass is 852 g/mol. The summed E-state index contributed by atoms with van der Waals surface area (Å²) in [4.78, 5) is 5.01. The molecule has 322 valence electrons. The van der Waals surface area contributed by atoms with Gasteiger partial charge in [-0.15, -0.1) is 0 Å². The Bertz CT molecular complexity index is 3190. The summed E-state index contributed by atoms with van der Waals surface area (Å²) in [5.74, 6) is 0.633. The molecule has 0 N–H and O–H groups in total. The zero-order chi connectivity index (χ0) is 44.6. The second-order valence-electron chi connectivity index (χ2n) is 20.0. The second-order valence-corrected chi connectivity index (χ2v) is 20.0. The van der Waals surface area contributed by atoms with Crippen molar-refractivity contribution < 1.29 is 0 Å². The van der Waals surface area contributed by atoms with Gasteiger partial charge in [0, 0.05) is 44.8 Å². The molecule has 0 atom stereocenters. The molecule has 3 aliphatic rings. The highest BCUT2D eigenvalue weighted by molar-refractivity contribution is 5.99. The van der Waals surface area contributed by atoms with Gasteiger partial charge in [-0.2, -0.15) is 0 Å². The summed E-state index contributed by atoms with van der Waals surface area (Å²) in [6.45, 7) is 9.53. The van der Waals surface area contributed by atoms with Crippen LogP contribution in [0.4, 0.5) is 34.1 Å². The Morgan fingerprint density at radius 3 is 1.44 bits per heavy atom. The molecule has 2 nitrogen and oxygen atoms in total. The highest BCUT2D eigenvalue weighted by Gasteiger charge is 2.38. The van der Waals surface area contributed by atoms with Crippen LogP contribution in [0.1, 0.15) is 93.5 Å². The van der Waals surface area contributed by atoms with Crippen molar-refractivity contribution in [2.45, 2.75) is 76.5 Å². The molecule has 2 heteroatoms. The molecule has 12 rings (SSSR count). The highest BCUT2D eigenvalue weighted by Crippen LogP contribution is 2.54. The van der Waals surface area contributed by atoms with Gasteiger partial charge in [-0.3, -0.25) is 0 Å². The minimum absolute atomic E-state index is 0.137. The van der Waals surface area contributed by atoms with Crippen LogP contribution in [0.5, 0.6) is 0 Å². The van der Waals surface area contributed by atoms with Crippen LogP contribution >= 0.6 is 0 Å². The summed E-state index contributed by atoms with van der Waals surface area (Å²) in [5.41, 5.74) is 21.2. The lowest BCUT2D eigenvalue weighted by atomic mass is 9.82. The molecule has 9 aromatic carbocycles. The van der Waals surface area contributed by atoms with E-state index < -0.39 is 0 Å². The first-order chi connectivity index (χ1) is 32.2. The molecule has 0 unspecified atom stereocenters. The van der Waals surface area contributed by atoms with Gasteiger partial charge in [0.15, 0.2) is 0 Å². The van der Waals surface area contributed by atoms with Gasteiger partial charge in [0.2, 0.25) is 0 Å². The zero-order valence-corrected chi connectivity index (χ0v) is 38.6. The fourth-order valence-corrected chi connectivity index (χ4v) is 11.9. The average Bonchev–Trinajstić information content (AvgIpc) is 3.73. The van der Waals surface area contributed by atoms with E-state index in [1.54, 1.807) is 0 Å². The first-order valence-corrected chi connectivity index (χ1v) is 24.1. The lowest BCUT2D eigenvalue weighted by Crippen LogP contribution is -2.18. The van der Waals surface area contributed by atoms with Gasteiger partial charge < -0.3 is 9.80 Å². The maximum absolute atomic E-state index is 2.51. The van der Waals surface area contributed by atoms with Crippen molar-refractivity contribution in [3.05, 3.63) is 228 Å². The lowest BCUT2D eigenvalue weighted by Gasteiger charge is -2.32. The quantitative estimate of drug-likeness (QED) is 0.150. The SMILES string of the molecule is CC1(C)c2ccccc2-c2ccc(N(c3cccc(N(c4ccc(C5CCCCC5)cc4)c4cc5ccccc5cc4-c4ccccc4)c3)c3ccc4c(c3)C(C)(C)c3ccccc3-4)cc21. The number of rotatable bonds is 8. The topological polar surface area (TPSA) is 6.48 Å². The molecule has 1 fully saturated rings. The molecular weight excluding hydrogens is 797 g/mol. The van der Waals surface area contributed by atoms with Crippen molar-refractivity contribution in [2.24, 2.45) is 0 Å². The molecule has 0 bridgehead atoms. The maximum Gasteiger partial charge on any atom is 0.0546 e. The molecule has 3 aliphatic carbocycles. The first-order valence-electron chi connectivity index (χ1n) is 24.1. The number of hydrogen-bond acceptors (Lipinski definition) is 2. The van der Waals surface area contributed by atoms with Crippen LogP contribution < -0.4 is 9.80 Å². The van der Waals surface area contributed by atoms with Crippen LogP contribution in [0.15, 0.2) is 200 Å². The Morgan fingerprint density at radius 2 is 0.833 bits per heavy atom. The zero-order valence-electron chi connectivity index (χ0n) is 38.6. The Balaban J connectivity index is 1.06. The van der Waals surface area contributed by atoms with E-state index >= 15 is 0 Å². The van der Waals surface area contributed by atoms with E-state index in [4.69, 9.17) is 0 Å². The van der Waals surface area contributed by atoms with Crippen molar-refractivity contribution in [1.29, 1.82) is 0 Å². The minimum Gasteiger partial charge on any atom is -0.310 e. The summed E-state index contributed by atoms with van der Waals surface area (Å²) in [6.07, 6.45) is 6.56. The molecule has 0 spiro atoms. The summed E-state index contributed by atoms with van der Waals surface area (Å²) in [7, 11) is 0. The number of anilines is 6. The predicted molar refractivity (Wildman–Crippen MR) is 280 cm³/mol. The number of fused-ring (bicyclic) bond motifs is 7. The maximum atomic E-state index is 2.51. The summed E-state index contributed by atoms with van der Waals surface area (Å²) >= 11 is 0. The Labute approximate surface area is 390 Å². The van der Waals surface area contributed by atoms with Crippen molar-refractivity contribution in [3.8, 4) is 33.4 Å². The van der Waals surface area contributed by atoms with Gasteiger partial charge in [-0.1, -0.05) is 180 Å². The van der Waals surface area contributed by atoms with Crippen LogP contribution in [0.3, 0.4) is 0 Å². The van der Waals surface area contributed by atoms with Crippen molar-refractivity contribution in [2.75, 3.05) is 9.80 Å². The fraction of sp³-hybridized carbons (Fsp3) is 0.188. The molecular formula is C64H56N2. The number of nitrogens with zero attached hydrogens (tertiary/aromatic N) is 2. The first kappa shape index (κ1) is 40.4. The van der Waals surface area contributed by atoms with Gasteiger partial charge in [0.25, 0.3) is 0 Å². The van der Waals surface area contributed by atoms with Crippen molar-refractivity contribution in [1.82, 2.24) is 0 Å². The van der Waals surface area contributed by atoms with Crippen molar-refractivity contribution >= 4 is 44.9 Å². The van der Waals surface area contributed by atoms with E-state index in [0.717, 1.165) is 34.1 Å². The highest BCUT2D eigenvalue weighted by atomic mass is 15.2. The number of benzene rings is 9. The molecule has 0 heterocycles. The molecule has 9 aromatic rings. The Kier molecular flexibility index (Phi) is 9.65. The van der Waals surface area contributed by atoms with E-state index in [9.17, 15) is 0 Å². The summed E-state index contributed by atoms with van der Waals surface area (Å²) in [6, 6.07) is 75.6. The smallest absolute Gasteiger partial charge is 0.0546 e. The van der Waals surface area contributed by atoms with E-state index in [1.807, 2.05) is 0 Å². The summed E-state index contributed by atoms with van der Waals surface area (Å²) in [5, 5.41) is 2.45. The Morgan fingerprint density at radius 1 is 0.348 bits per heavy atom. The van der Waals surface area contributed by atoms with Crippen LogP contribution in [0, 0.1) is 0 Å².